The first kappa shape index (κ1) is 12.7. The van der Waals surface area contributed by atoms with Crippen LogP contribution < -0.4 is 4.74 Å². The van der Waals surface area contributed by atoms with Crippen molar-refractivity contribution >= 4 is 17.4 Å². The fraction of sp³-hybridized carbons (Fsp3) is 0.133. The predicted molar refractivity (Wildman–Crippen MR) is 72.6 cm³/mol. The maximum Gasteiger partial charge on any atom is 0.194 e. The summed E-state index contributed by atoms with van der Waals surface area (Å²) in [6.45, 7) is 1.93. The van der Waals surface area contributed by atoms with Gasteiger partial charge >= 0.3 is 0 Å². The van der Waals surface area contributed by atoms with Crippen molar-refractivity contribution in [1.82, 2.24) is 0 Å². The quantitative estimate of drug-likeness (QED) is 0.783. The number of benzene rings is 2. The van der Waals surface area contributed by atoms with E-state index in [1.54, 1.807) is 43.5 Å². The molecule has 0 amide bonds. The van der Waals surface area contributed by atoms with Crippen LogP contribution >= 0.6 is 11.6 Å². The normalized spacial score (nSPS) is 10.2. The van der Waals surface area contributed by atoms with E-state index < -0.39 is 0 Å². The average Bonchev–Trinajstić information content (AvgIpc) is 2.41. The van der Waals surface area contributed by atoms with E-state index in [4.69, 9.17) is 16.3 Å². The molecule has 2 nitrogen and oxygen atoms in total. The van der Waals surface area contributed by atoms with Crippen molar-refractivity contribution in [2.24, 2.45) is 0 Å². The monoisotopic (exact) mass is 260 g/mol. The van der Waals surface area contributed by atoms with E-state index in [0.717, 1.165) is 11.3 Å². The lowest BCUT2D eigenvalue weighted by molar-refractivity contribution is 0.103. The van der Waals surface area contributed by atoms with E-state index in [1.807, 2.05) is 13.0 Å². The largest absolute Gasteiger partial charge is 0.497 e. The van der Waals surface area contributed by atoms with Gasteiger partial charge in [0.05, 0.1) is 12.1 Å². The van der Waals surface area contributed by atoms with Crippen LogP contribution in [0.4, 0.5) is 0 Å². The highest BCUT2D eigenvalue weighted by Gasteiger charge is 2.12. The molecule has 0 aliphatic carbocycles. The molecule has 3 heteroatoms. The summed E-state index contributed by atoms with van der Waals surface area (Å²) in [6.07, 6.45) is 0. The Kier molecular flexibility index (Phi) is 3.68. The Morgan fingerprint density at radius 2 is 1.78 bits per heavy atom. The smallest absolute Gasteiger partial charge is 0.194 e. The Labute approximate surface area is 111 Å². The zero-order chi connectivity index (χ0) is 13.1. The highest BCUT2D eigenvalue weighted by atomic mass is 35.5. The molecule has 0 bridgehead atoms. The Bertz CT molecular complexity index is 574. The predicted octanol–water partition coefficient (Wildman–Crippen LogP) is 3.89. The topological polar surface area (TPSA) is 26.3 Å². The van der Waals surface area contributed by atoms with Crippen molar-refractivity contribution in [3.8, 4) is 5.75 Å². The van der Waals surface area contributed by atoms with Gasteiger partial charge in [0.2, 0.25) is 0 Å². The van der Waals surface area contributed by atoms with Crippen molar-refractivity contribution in [3.63, 3.8) is 0 Å². The van der Waals surface area contributed by atoms with Gasteiger partial charge < -0.3 is 4.74 Å². The van der Waals surface area contributed by atoms with Gasteiger partial charge in [-0.1, -0.05) is 23.2 Å². The molecule has 2 aromatic rings. The number of rotatable bonds is 3. The van der Waals surface area contributed by atoms with Crippen molar-refractivity contribution in [2.45, 2.75) is 6.92 Å². The van der Waals surface area contributed by atoms with Gasteiger partial charge in [0.25, 0.3) is 0 Å². The number of hydrogen-bond acceptors (Lipinski definition) is 2. The average molecular weight is 261 g/mol. The Balaban J connectivity index is 2.38. The molecule has 0 fully saturated rings. The molecule has 0 aliphatic rings. The molecule has 2 aromatic carbocycles. The minimum atomic E-state index is -0.0775. The molecule has 18 heavy (non-hydrogen) atoms. The van der Waals surface area contributed by atoms with E-state index in [0.29, 0.717) is 16.1 Å². The van der Waals surface area contributed by atoms with Crippen LogP contribution in [-0.2, 0) is 0 Å². The Hall–Kier alpha value is -1.80. The third kappa shape index (κ3) is 2.54. The minimum absolute atomic E-state index is 0.0775. The van der Waals surface area contributed by atoms with Gasteiger partial charge in [0.15, 0.2) is 5.78 Å². The van der Waals surface area contributed by atoms with Crippen LogP contribution in [0, 0.1) is 6.92 Å². The van der Waals surface area contributed by atoms with Crippen molar-refractivity contribution < 1.29 is 9.53 Å². The van der Waals surface area contributed by atoms with Crippen molar-refractivity contribution in [1.29, 1.82) is 0 Å². The first-order valence-electron chi connectivity index (χ1n) is 5.56. The van der Waals surface area contributed by atoms with Gasteiger partial charge in [-0.25, -0.2) is 0 Å². The maximum atomic E-state index is 12.3. The number of ether oxygens (including phenoxy) is 1. The number of carbonyl (C=O) groups is 1. The van der Waals surface area contributed by atoms with Crippen LogP contribution in [0.3, 0.4) is 0 Å². The van der Waals surface area contributed by atoms with Gasteiger partial charge in [0.1, 0.15) is 5.75 Å². The van der Waals surface area contributed by atoms with E-state index in [-0.39, 0.29) is 5.78 Å². The summed E-state index contributed by atoms with van der Waals surface area (Å²) in [4.78, 5) is 12.3. The van der Waals surface area contributed by atoms with Gasteiger partial charge in [0, 0.05) is 11.1 Å². The summed E-state index contributed by atoms with van der Waals surface area (Å²) in [5.41, 5.74) is 2.14. The van der Waals surface area contributed by atoms with Gasteiger partial charge in [-0.15, -0.1) is 0 Å². The fourth-order valence-electron chi connectivity index (χ4n) is 1.71. The fourth-order valence-corrected chi connectivity index (χ4v) is 1.91. The molecule has 0 aliphatic heterocycles. The molecule has 0 radical (unpaired) electrons. The zero-order valence-corrected chi connectivity index (χ0v) is 11.0. The van der Waals surface area contributed by atoms with E-state index >= 15 is 0 Å². The molecule has 0 saturated carbocycles. The van der Waals surface area contributed by atoms with Crippen LogP contribution in [0.15, 0.2) is 42.5 Å². The number of halogens is 1. The van der Waals surface area contributed by atoms with Crippen LogP contribution in [0.1, 0.15) is 21.5 Å². The standard InChI is InChI=1S/C15H13ClO2/c1-10-3-8-14(16)13(9-10)15(17)11-4-6-12(18-2)7-5-11/h3-9H,1-2H3. The second-order valence-corrected chi connectivity index (χ2v) is 4.45. The van der Waals surface area contributed by atoms with E-state index in [2.05, 4.69) is 0 Å². The lowest BCUT2D eigenvalue weighted by Crippen LogP contribution is -2.02. The molecule has 0 unspecified atom stereocenters. The molecule has 0 aromatic heterocycles. The minimum Gasteiger partial charge on any atom is -0.497 e. The molecule has 0 spiro atoms. The molecule has 0 N–H and O–H groups in total. The van der Waals surface area contributed by atoms with E-state index in [1.165, 1.54) is 0 Å². The summed E-state index contributed by atoms with van der Waals surface area (Å²) in [5.74, 6) is 0.647. The Morgan fingerprint density at radius 3 is 2.39 bits per heavy atom. The highest BCUT2D eigenvalue weighted by Crippen LogP contribution is 2.22. The first-order valence-corrected chi connectivity index (χ1v) is 5.94. The number of carbonyl (C=O) groups excluding carboxylic acids is 1. The lowest BCUT2D eigenvalue weighted by Gasteiger charge is -2.06. The number of ketones is 1. The van der Waals surface area contributed by atoms with E-state index in [9.17, 15) is 4.79 Å². The molecular weight excluding hydrogens is 248 g/mol. The van der Waals surface area contributed by atoms with Crippen LogP contribution in [0.25, 0.3) is 0 Å². The third-order valence-electron chi connectivity index (χ3n) is 2.72. The number of hydrogen-bond donors (Lipinski definition) is 0. The highest BCUT2D eigenvalue weighted by molar-refractivity contribution is 6.35. The molecule has 0 heterocycles. The second kappa shape index (κ2) is 5.23. The SMILES string of the molecule is COc1ccc(C(=O)c2cc(C)ccc2Cl)cc1. The summed E-state index contributed by atoms with van der Waals surface area (Å²) < 4.78 is 5.06. The van der Waals surface area contributed by atoms with Crippen LogP contribution in [-0.4, -0.2) is 12.9 Å². The van der Waals surface area contributed by atoms with Crippen molar-refractivity contribution in [2.75, 3.05) is 7.11 Å². The Morgan fingerprint density at radius 1 is 1.11 bits per heavy atom. The summed E-state index contributed by atoms with van der Waals surface area (Å²) in [5, 5.41) is 0.474. The molecule has 0 atom stereocenters. The molecule has 0 saturated heterocycles. The van der Waals surface area contributed by atoms with Crippen LogP contribution in [0.5, 0.6) is 5.75 Å². The van der Waals surface area contributed by atoms with Crippen LogP contribution in [0.2, 0.25) is 5.02 Å². The number of aryl methyl sites for hydroxylation is 1. The van der Waals surface area contributed by atoms with Gasteiger partial charge in [-0.05, 0) is 43.3 Å². The number of methoxy groups -OCH3 is 1. The lowest BCUT2D eigenvalue weighted by atomic mass is 10.0. The molecule has 92 valence electrons. The summed E-state index contributed by atoms with van der Waals surface area (Å²) in [7, 11) is 1.59. The third-order valence-corrected chi connectivity index (χ3v) is 3.05. The zero-order valence-electron chi connectivity index (χ0n) is 10.2. The summed E-state index contributed by atoms with van der Waals surface area (Å²) >= 11 is 6.05. The second-order valence-electron chi connectivity index (χ2n) is 4.04. The first-order chi connectivity index (χ1) is 8.61. The van der Waals surface area contributed by atoms with Crippen molar-refractivity contribution in [3.05, 3.63) is 64.2 Å². The maximum absolute atomic E-state index is 12.3. The summed E-state index contributed by atoms with van der Waals surface area (Å²) in [6, 6.07) is 12.4. The van der Waals surface area contributed by atoms with Gasteiger partial charge in [-0.3, -0.25) is 4.79 Å². The van der Waals surface area contributed by atoms with Gasteiger partial charge in [-0.2, -0.15) is 0 Å². The molecular formula is C15H13ClO2. The molecule has 2 rings (SSSR count).